The standard InChI is InChI=1S/C22H23N5O2/c1-29-19-9-5-6-17(14-19)22(28)25-20-15-21(24-16-23-20)27-12-10-26(11-13-27)18-7-3-2-4-8-18/h2-9,14-16H,10-13H2,1H3,(H,23,24,25,28). The van der Waals surface area contributed by atoms with E-state index in [1.54, 1.807) is 31.4 Å². The van der Waals surface area contributed by atoms with Crippen LogP contribution >= 0.6 is 0 Å². The van der Waals surface area contributed by atoms with Gasteiger partial charge in [-0.15, -0.1) is 0 Å². The summed E-state index contributed by atoms with van der Waals surface area (Å²) in [6.45, 7) is 3.55. The van der Waals surface area contributed by atoms with Crippen molar-refractivity contribution in [2.24, 2.45) is 0 Å². The summed E-state index contributed by atoms with van der Waals surface area (Å²) in [5, 5.41) is 2.84. The zero-order chi connectivity index (χ0) is 20.1. The molecule has 4 rings (SSSR count). The van der Waals surface area contributed by atoms with E-state index in [1.165, 1.54) is 12.0 Å². The number of ether oxygens (including phenoxy) is 1. The summed E-state index contributed by atoms with van der Waals surface area (Å²) in [6.07, 6.45) is 1.49. The lowest BCUT2D eigenvalue weighted by Gasteiger charge is -2.36. The van der Waals surface area contributed by atoms with Crippen LogP contribution < -0.4 is 19.9 Å². The van der Waals surface area contributed by atoms with Gasteiger partial charge in [0.2, 0.25) is 0 Å². The SMILES string of the molecule is COc1cccc(C(=O)Nc2cc(N3CCN(c4ccccc4)CC3)ncn2)c1. The van der Waals surface area contributed by atoms with E-state index >= 15 is 0 Å². The van der Waals surface area contributed by atoms with Crippen LogP contribution in [0.5, 0.6) is 5.75 Å². The number of rotatable bonds is 5. The van der Waals surface area contributed by atoms with E-state index in [2.05, 4.69) is 49.4 Å². The van der Waals surface area contributed by atoms with E-state index in [9.17, 15) is 4.79 Å². The highest BCUT2D eigenvalue weighted by Crippen LogP contribution is 2.21. The molecule has 1 aromatic heterocycles. The third kappa shape index (κ3) is 4.45. The van der Waals surface area contributed by atoms with Crippen LogP contribution in [0.3, 0.4) is 0 Å². The van der Waals surface area contributed by atoms with Crippen molar-refractivity contribution in [3.8, 4) is 5.75 Å². The maximum Gasteiger partial charge on any atom is 0.256 e. The van der Waals surface area contributed by atoms with Gasteiger partial charge < -0.3 is 19.9 Å². The van der Waals surface area contributed by atoms with Crippen LogP contribution in [0.4, 0.5) is 17.3 Å². The van der Waals surface area contributed by atoms with Gasteiger partial charge in [-0.05, 0) is 30.3 Å². The van der Waals surface area contributed by atoms with E-state index in [4.69, 9.17) is 4.74 Å². The first-order valence-electron chi connectivity index (χ1n) is 9.55. The molecule has 0 spiro atoms. The number of nitrogens with zero attached hydrogens (tertiary/aromatic N) is 4. The Morgan fingerprint density at radius 2 is 1.69 bits per heavy atom. The van der Waals surface area contributed by atoms with E-state index in [0.29, 0.717) is 17.1 Å². The summed E-state index contributed by atoms with van der Waals surface area (Å²) in [6, 6.07) is 19.2. The van der Waals surface area contributed by atoms with Crippen molar-refractivity contribution >= 4 is 23.2 Å². The van der Waals surface area contributed by atoms with Crippen molar-refractivity contribution in [3.05, 3.63) is 72.6 Å². The molecule has 0 aliphatic carbocycles. The lowest BCUT2D eigenvalue weighted by molar-refractivity contribution is 0.102. The maximum atomic E-state index is 12.5. The minimum atomic E-state index is -0.234. The Bertz CT molecular complexity index is 972. The number of anilines is 3. The lowest BCUT2D eigenvalue weighted by Crippen LogP contribution is -2.46. The molecule has 2 heterocycles. The number of carbonyl (C=O) groups excluding carboxylic acids is 1. The Labute approximate surface area is 170 Å². The van der Waals surface area contributed by atoms with Gasteiger partial charge in [-0.25, -0.2) is 9.97 Å². The van der Waals surface area contributed by atoms with E-state index < -0.39 is 0 Å². The Morgan fingerprint density at radius 1 is 0.931 bits per heavy atom. The molecule has 3 aromatic rings. The number of amides is 1. The van der Waals surface area contributed by atoms with Gasteiger partial charge in [-0.1, -0.05) is 24.3 Å². The average Bonchev–Trinajstić information content (AvgIpc) is 2.80. The van der Waals surface area contributed by atoms with Gasteiger partial charge in [-0.3, -0.25) is 4.79 Å². The van der Waals surface area contributed by atoms with Crippen molar-refractivity contribution in [2.45, 2.75) is 0 Å². The highest BCUT2D eigenvalue weighted by Gasteiger charge is 2.19. The summed E-state index contributed by atoms with van der Waals surface area (Å²) < 4.78 is 5.18. The van der Waals surface area contributed by atoms with Gasteiger partial charge in [-0.2, -0.15) is 0 Å². The molecule has 148 valence electrons. The lowest BCUT2D eigenvalue weighted by atomic mass is 10.2. The van der Waals surface area contributed by atoms with Crippen molar-refractivity contribution in [2.75, 3.05) is 48.4 Å². The van der Waals surface area contributed by atoms with Gasteiger partial charge in [0.25, 0.3) is 5.91 Å². The number of piperazine rings is 1. The third-order valence-electron chi connectivity index (χ3n) is 4.95. The van der Waals surface area contributed by atoms with Crippen LogP contribution in [0, 0.1) is 0 Å². The third-order valence-corrected chi connectivity index (χ3v) is 4.95. The van der Waals surface area contributed by atoms with Gasteiger partial charge in [0.15, 0.2) is 0 Å². The van der Waals surface area contributed by atoms with Crippen molar-refractivity contribution in [1.82, 2.24) is 9.97 Å². The summed E-state index contributed by atoms with van der Waals surface area (Å²) in [7, 11) is 1.57. The number of carbonyl (C=O) groups is 1. The van der Waals surface area contributed by atoms with Crippen LogP contribution in [0.25, 0.3) is 0 Å². The molecule has 1 fully saturated rings. The zero-order valence-electron chi connectivity index (χ0n) is 16.3. The quantitative estimate of drug-likeness (QED) is 0.723. The highest BCUT2D eigenvalue weighted by molar-refractivity contribution is 6.04. The van der Waals surface area contributed by atoms with Crippen LogP contribution in [0.1, 0.15) is 10.4 Å². The van der Waals surface area contributed by atoms with Crippen LogP contribution in [0.15, 0.2) is 67.0 Å². The first kappa shape index (κ1) is 18.7. The fourth-order valence-electron chi connectivity index (χ4n) is 3.37. The fourth-order valence-corrected chi connectivity index (χ4v) is 3.37. The van der Waals surface area contributed by atoms with Crippen LogP contribution in [-0.2, 0) is 0 Å². The highest BCUT2D eigenvalue weighted by atomic mass is 16.5. The predicted octanol–water partition coefficient (Wildman–Crippen LogP) is 3.06. The molecule has 0 saturated carbocycles. The van der Waals surface area contributed by atoms with Crippen molar-refractivity contribution < 1.29 is 9.53 Å². The fraction of sp³-hybridized carbons (Fsp3) is 0.227. The second-order valence-electron chi connectivity index (χ2n) is 6.76. The molecule has 1 N–H and O–H groups in total. The molecule has 0 unspecified atom stereocenters. The molecule has 2 aromatic carbocycles. The Balaban J connectivity index is 1.40. The molecule has 1 amide bonds. The van der Waals surface area contributed by atoms with E-state index in [-0.39, 0.29) is 5.91 Å². The normalized spacial score (nSPS) is 13.8. The van der Waals surface area contributed by atoms with Gasteiger partial charge in [0.1, 0.15) is 23.7 Å². The zero-order valence-corrected chi connectivity index (χ0v) is 16.3. The number of aromatic nitrogens is 2. The van der Waals surface area contributed by atoms with E-state index in [1.807, 2.05) is 12.1 Å². The smallest absolute Gasteiger partial charge is 0.256 e. The predicted molar refractivity (Wildman–Crippen MR) is 114 cm³/mol. The average molecular weight is 389 g/mol. The van der Waals surface area contributed by atoms with Gasteiger partial charge in [0, 0.05) is 43.5 Å². The van der Waals surface area contributed by atoms with Crippen molar-refractivity contribution in [3.63, 3.8) is 0 Å². The minimum Gasteiger partial charge on any atom is -0.497 e. The van der Waals surface area contributed by atoms with Gasteiger partial charge >= 0.3 is 0 Å². The largest absolute Gasteiger partial charge is 0.497 e. The van der Waals surface area contributed by atoms with Crippen LogP contribution in [-0.4, -0.2) is 49.2 Å². The molecular weight excluding hydrogens is 366 g/mol. The molecule has 0 atom stereocenters. The number of para-hydroxylation sites is 1. The number of benzene rings is 2. The second kappa shape index (κ2) is 8.60. The first-order valence-corrected chi connectivity index (χ1v) is 9.55. The summed E-state index contributed by atoms with van der Waals surface area (Å²) in [5.41, 5.74) is 1.75. The molecule has 0 bridgehead atoms. The van der Waals surface area contributed by atoms with Crippen molar-refractivity contribution in [1.29, 1.82) is 0 Å². The Hall–Kier alpha value is -3.61. The molecule has 29 heavy (non-hydrogen) atoms. The Kier molecular flexibility index (Phi) is 5.56. The molecule has 1 aliphatic heterocycles. The number of hydrogen-bond donors (Lipinski definition) is 1. The Morgan fingerprint density at radius 3 is 2.45 bits per heavy atom. The second-order valence-corrected chi connectivity index (χ2v) is 6.76. The number of methoxy groups -OCH3 is 1. The van der Waals surface area contributed by atoms with Gasteiger partial charge in [0.05, 0.1) is 7.11 Å². The minimum absolute atomic E-state index is 0.234. The molecule has 1 aliphatic rings. The summed E-state index contributed by atoms with van der Waals surface area (Å²) in [4.78, 5) is 25.7. The van der Waals surface area contributed by atoms with Crippen LogP contribution in [0.2, 0.25) is 0 Å². The maximum absolute atomic E-state index is 12.5. The summed E-state index contributed by atoms with van der Waals surface area (Å²) in [5.74, 6) is 1.70. The molecule has 7 heteroatoms. The molecule has 0 radical (unpaired) electrons. The summed E-state index contributed by atoms with van der Waals surface area (Å²) >= 11 is 0. The van der Waals surface area contributed by atoms with E-state index in [0.717, 1.165) is 32.0 Å². The number of nitrogens with one attached hydrogen (secondary N) is 1. The first-order chi connectivity index (χ1) is 14.2. The number of hydrogen-bond acceptors (Lipinski definition) is 6. The monoisotopic (exact) mass is 389 g/mol. The molecular formula is C22H23N5O2. The topological polar surface area (TPSA) is 70.6 Å². The molecule has 7 nitrogen and oxygen atoms in total. The molecule has 1 saturated heterocycles.